The third-order valence-electron chi connectivity index (χ3n) is 3.17. The maximum Gasteiger partial charge on any atom is 0.213 e. The van der Waals surface area contributed by atoms with Gasteiger partial charge in [0.2, 0.25) is 5.88 Å². The molecule has 0 radical (unpaired) electrons. The first-order valence-corrected chi connectivity index (χ1v) is 9.90. The number of hydrogen-bond donors (Lipinski definition) is 0. The van der Waals surface area contributed by atoms with E-state index in [2.05, 4.69) is 20.9 Å². The summed E-state index contributed by atoms with van der Waals surface area (Å²) in [5.41, 5.74) is 1.10. The smallest absolute Gasteiger partial charge is 0.213 e. The van der Waals surface area contributed by atoms with Gasteiger partial charge in [-0.25, -0.2) is 4.98 Å². The summed E-state index contributed by atoms with van der Waals surface area (Å²) in [6.07, 6.45) is 1.73. The van der Waals surface area contributed by atoms with Gasteiger partial charge in [0, 0.05) is 38.1 Å². The minimum atomic E-state index is 0.498. The fourth-order valence-electron chi connectivity index (χ4n) is 1.65. The van der Waals surface area contributed by atoms with E-state index in [-0.39, 0.29) is 0 Å². The molecule has 0 unspecified atom stereocenters. The first kappa shape index (κ1) is 27.2. The number of aryl methyl sites for hydroxylation is 1. The van der Waals surface area contributed by atoms with Gasteiger partial charge in [-0.05, 0) is 28.4 Å². The highest BCUT2D eigenvalue weighted by Gasteiger charge is 1.99. The van der Waals surface area contributed by atoms with Crippen LogP contribution in [0.3, 0.4) is 0 Å². The third-order valence-corrected chi connectivity index (χ3v) is 4.00. The Balaban J connectivity index is 0.000000546. The quantitative estimate of drug-likeness (QED) is 0.343. The lowest BCUT2D eigenvalue weighted by molar-refractivity contribution is 0.0106. The van der Waals surface area contributed by atoms with Gasteiger partial charge in [0.25, 0.3) is 0 Å². The minimum Gasteiger partial charge on any atom is -0.475 e. The monoisotopic (exact) mass is 467 g/mol. The van der Waals surface area contributed by atoms with Crippen LogP contribution in [0.1, 0.15) is 5.56 Å². The molecule has 0 fully saturated rings. The van der Waals surface area contributed by atoms with Crippen LogP contribution in [0.15, 0.2) is 16.7 Å². The molecule has 8 nitrogen and oxygen atoms in total. The van der Waals surface area contributed by atoms with Crippen molar-refractivity contribution in [1.29, 1.82) is 0 Å². The summed E-state index contributed by atoms with van der Waals surface area (Å²) in [6.45, 7) is 8.00. The molecule has 0 spiro atoms. The number of nitrogens with zero attached hydrogens (tertiary/aromatic N) is 1. The minimum absolute atomic E-state index is 0.498. The SMILES string of the molecule is COCCOCCOCCOC.COCCOCCOc1cc(C)c(Br)cn1. The van der Waals surface area contributed by atoms with E-state index < -0.39 is 0 Å². The van der Waals surface area contributed by atoms with Crippen molar-refractivity contribution >= 4 is 15.9 Å². The Labute approximate surface area is 176 Å². The van der Waals surface area contributed by atoms with Crippen molar-refractivity contribution in [2.75, 3.05) is 87.4 Å². The average Bonchev–Trinajstić information content (AvgIpc) is 2.70. The van der Waals surface area contributed by atoms with Crippen LogP contribution in [0.25, 0.3) is 0 Å². The highest BCUT2D eigenvalue weighted by molar-refractivity contribution is 9.10. The Hall–Kier alpha value is -0.810. The van der Waals surface area contributed by atoms with Gasteiger partial charge in [0.1, 0.15) is 6.61 Å². The zero-order valence-corrected chi connectivity index (χ0v) is 19.0. The maximum atomic E-state index is 5.42. The van der Waals surface area contributed by atoms with Crippen LogP contribution in [0, 0.1) is 6.92 Å². The Kier molecular flexibility index (Phi) is 20.3. The lowest BCUT2D eigenvalue weighted by atomic mass is 10.3. The molecule has 1 heterocycles. The second kappa shape index (κ2) is 20.9. The van der Waals surface area contributed by atoms with Gasteiger partial charge >= 0.3 is 0 Å². The molecular weight excluding hydrogens is 434 g/mol. The molecule has 0 aliphatic rings. The molecule has 9 heteroatoms. The fraction of sp³-hybridized carbons (Fsp3) is 0.737. The number of rotatable bonds is 16. The number of ether oxygens (including phenoxy) is 7. The summed E-state index contributed by atoms with van der Waals surface area (Å²) in [5, 5.41) is 0. The van der Waals surface area contributed by atoms with Crippen molar-refractivity contribution < 1.29 is 33.2 Å². The third kappa shape index (κ3) is 17.3. The summed E-state index contributed by atoms with van der Waals surface area (Å²) >= 11 is 3.38. The Morgan fingerprint density at radius 1 is 0.714 bits per heavy atom. The Morgan fingerprint density at radius 2 is 1.14 bits per heavy atom. The molecule has 0 amide bonds. The van der Waals surface area contributed by atoms with Crippen LogP contribution in [0.2, 0.25) is 0 Å². The number of halogens is 1. The molecule has 1 rings (SSSR count). The van der Waals surface area contributed by atoms with E-state index in [4.69, 9.17) is 33.2 Å². The van der Waals surface area contributed by atoms with Crippen molar-refractivity contribution in [2.45, 2.75) is 6.92 Å². The van der Waals surface area contributed by atoms with Crippen LogP contribution in [0.5, 0.6) is 5.88 Å². The number of aromatic nitrogens is 1. The highest BCUT2D eigenvalue weighted by atomic mass is 79.9. The Bertz CT molecular complexity index is 456. The van der Waals surface area contributed by atoms with Crippen LogP contribution < -0.4 is 4.74 Å². The molecule has 0 saturated heterocycles. The first-order valence-electron chi connectivity index (χ1n) is 9.10. The van der Waals surface area contributed by atoms with E-state index in [1.54, 1.807) is 27.5 Å². The van der Waals surface area contributed by atoms with Crippen LogP contribution in [0.4, 0.5) is 0 Å². The maximum absolute atomic E-state index is 5.42. The van der Waals surface area contributed by atoms with Gasteiger partial charge in [-0.15, -0.1) is 0 Å². The zero-order valence-electron chi connectivity index (χ0n) is 17.4. The number of pyridine rings is 1. The molecule has 0 aromatic carbocycles. The predicted octanol–water partition coefficient (Wildman–Crippen LogP) is 2.51. The molecule has 1 aromatic rings. The summed E-state index contributed by atoms with van der Waals surface area (Å²) in [5.74, 6) is 0.621. The molecule has 0 N–H and O–H groups in total. The van der Waals surface area contributed by atoms with Crippen molar-refractivity contribution in [3.8, 4) is 5.88 Å². The molecule has 1 aromatic heterocycles. The molecule has 164 valence electrons. The van der Waals surface area contributed by atoms with Crippen molar-refractivity contribution in [3.05, 3.63) is 22.3 Å². The van der Waals surface area contributed by atoms with Gasteiger partial charge in [-0.2, -0.15) is 0 Å². The summed E-state index contributed by atoms with van der Waals surface area (Å²) < 4.78 is 36.5. The van der Waals surface area contributed by atoms with Crippen molar-refractivity contribution in [2.24, 2.45) is 0 Å². The molecular formula is C19H34BrNO7. The summed E-state index contributed by atoms with van der Waals surface area (Å²) in [6, 6.07) is 1.89. The van der Waals surface area contributed by atoms with Gasteiger partial charge in [0.15, 0.2) is 0 Å². The summed E-state index contributed by atoms with van der Waals surface area (Å²) in [4.78, 5) is 4.12. The van der Waals surface area contributed by atoms with E-state index in [9.17, 15) is 0 Å². The van der Waals surface area contributed by atoms with Crippen molar-refractivity contribution in [3.63, 3.8) is 0 Å². The van der Waals surface area contributed by atoms with Gasteiger partial charge in [-0.1, -0.05) is 0 Å². The molecule has 28 heavy (non-hydrogen) atoms. The van der Waals surface area contributed by atoms with E-state index in [0.29, 0.717) is 71.9 Å². The number of hydrogen-bond acceptors (Lipinski definition) is 8. The van der Waals surface area contributed by atoms with Gasteiger partial charge < -0.3 is 33.2 Å². The van der Waals surface area contributed by atoms with Gasteiger partial charge in [-0.3, -0.25) is 0 Å². The second-order valence-corrected chi connectivity index (χ2v) is 6.29. The summed E-state index contributed by atoms with van der Waals surface area (Å²) in [7, 11) is 4.95. The second-order valence-electron chi connectivity index (χ2n) is 5.44. The largest absolute Gasteiger partial charge is 0.475 e. The highest BCUT2D eigenvalue weighted by Crippen LogP contribution is 2.18. The molecule has 0 aliphatic carbocycles. The molecule has 0 saturated carbocycles. The van der Waals surface area contributed by atoms with Crippen LogP contribution in [-0.4, -0.2) is 92.4 Å². The Morgan fingerprint density at radius 3 is 1.57 bits per heavy atom. The van der Waals surface area contributed by atoms with Crippen LogP contribution >= 0.6 is 15.9 Å². The van der Waals surface area contributed by atoms with Gasteiger partial charge in [0.05, 0.1) is 59.5 Å². The van der Waals surface area contributed by atoms with E-state index in [1.807, 2.05) is 13.0 Å². The normalized spacial score (nSPS) is 10.5. The van der Waals surface area contributed by atoms with Crippen LogP contribution in [-0.2, 0) is 28.4 Å². The lowest BCUT2D eigenvalue weighted by Gasteiger charge is -2.07. The lowest BCUT2D eigenvalue weighted by Crippen LogP contribution is -2.10. The van der Waals surface area contributed by atoms with Crippen molar-refractivity contribution in [1.82, 2.24) is 4.98 Å². The molecule has 0 bridgehead atoms. The average molecular weight is 468 g/mol. The predicted molar refractivity (Wildman–Crippen MR) is 110 cm³/mol. The van der Waals surface area contributed by atoms with E-state index in [0.717, 1.165) is 10.0 Å². The number of methoxy groups -OCH3 is 3. The standard InChI is InChI=1S/C11H16BrNO3.C8H18O4/c1-9-7-11(13-8-10(9)12)16-6-5-15-4-3-14-2;1-9-3-5-11-7-8-12-6-4-10-2/h7-8H,3-6H2,1-2H3;3-8H2,1-2H3. The fourth-order valence-corrected chi connectivity index (χ4v) is 1.87. The molecule has 0 atom stereocenters. The first-order chi connectivity index (χ1) is 13.7. The van der Waals surface area contributed by atoms with E-state index in [1.165, 1.54) is 0 Å². The van der Waals surface area contributed by atoms with E-state index >= 15 is 0 Å². The molecule has 0 aliphatic heterocycles. The topological polar surface area (TPSA) is 77.5 Å². The zero-order chi connectivity index (χ0) is 20.9.